The van der Waals surface area contributed by atoms with Gasteiger partial charge in [-0.25, -0.2) is 4.98 Å². The zero-order chi connectivity index (χ0) is 12.8. The number of nitrogens with one attached hydrogen (secondary N) is 1. The van der Waals surface area contributed by atoms with E-state index in [0.717, 1.165) is 30.5 Å². The van der Waals surface area contributed by atoms with E-state index in [1.54, 1.807) is 6.20 Å². The molecule has 1 heterocycles. The van der Waals surface area contributed by atoms with Crippen molar-refractivity contribution in [2.24, 2.45) is 11.8 Å². The number of aromatic nitrogens is 1. The molecule has 0 amide bonds. The minimum atomic E-state index is 0.543. The van der Waals surface area contributed by atoms with Crippen LogP contribution in [-0.2, 0) is 6.54 Å². The van der Waals surface area contributed by atoms with Crippen molar-refractivity contribution in [1.29, 1.82) is 5.26 Å². The van der Waals surface area contributed by atoms with Crippen LogP contribution in [0.4, 0.5) is 0 Å². The number of nitrogens with zero attached hydrogens (tertiary/aromatic N) is 2. The van der Waals surface area contributed by atoms with E-state index in [4.69, 9.17) is 5.26 Å². The monoisotopic (exact) mass is 243 g/mol. The van der Waals surface area contributed by atoms with Crippen LogP contribution in [0.25, 0.3) is 0 Å². The predicted molar refractivity (Wildman–Crippen MR) is 71.8 cm³/mol. The maximum absolute atomic E-state index is 8.97. The third-order valence-corrected chi connectivity index (χ3v) is 4.01. The van der Waals surface area contributed by atoms with Crippen LogP contribution >= 0.6 is 0 Å². The van der Waals surface area contributed by atoms with Crippen LogP contribution in [0.3, 0.4) is 0 Å². The Kier molecular flexibility index (Phi) is 4.72. The normalized spacial score (nSPS) is 23.6. The van der Waals surface area contributed by atoms with E-state index in [1.165, 1.54) is 25.7 Å². The molecule has 18 heavy (non-hydrogen) atoms. The molecule has 1 aliphatic rings. The molecule has 3 heteroatoms. The summed E-state index contributed by atoms with van der Waals surface area (Å²) in [6, 6.07) is 6.01. The fourth-order valence-corrected chi connectivity index (χ4v) is 2.77. The van der Waals surface area contributed by atoms with Gasteiger partial charge in [-0.1, -0.05) is 32.3 Å². The number of rotatable bonds is 4. The fourth-order valence-electron chi connectivity index (χ4n) is 2.77. The molecule has 0 spiro atoms. The van der Waals surface area contributed by atoms with Crippen molar-refractivity contribution in [3.63, 3.8) is 0 Å². The Morgan fingerprint density at radius 3 is 3.06 bits per heavy atom. The third-order valence-electron chi connectivity index (χ3n) is 4.01. The van der Waals surface area contributed by atoms with Gasteiger partial charge in [-0.3, -0.25) is 0 Å². The van der Waals surface area contributed by atoms with Crippen LogP contribution < -0.4 is 5.32 Å². The largest absolute Gasteiger partial charge is 0.312 e. The first-order chi connectivity index (χ1) is 8.81. The van der Waals surface area contributed by atoms with E-state index in [1.807, 2.05) is 12.1 Å². The van der Waals surface area contributed by atoms with Crippen LogP contribution in [-0.4, -0.2) is 11.5 Å². The van der Waals surface area contributed by atoms with Crippen molar-refractivity contribution in [2.75, 3.05) is 6.54 Å². The molecule has 1 aromatic rings. The van der Waals surface area contributed by atoms with Gasteiger partial charge in [-0.05, 0) is 30.9 Å². The zero-order valence-corrected chi connectivity index (χ0v) is 11.0. The molecule has 0 saturated heterocycles. The molecule has 0 aliphatic heterocycles. The molecule has 1 aliphatic carbocycles. The molecule has 3 nitrogen and oxygen atoms in total. The van der Waals surface area contributed by atoms with Crippen LogP contribution in [0.2, 0.25) is 0 Å². The molecule has 0 bridgehead atoms. The van der Waals surface area contributed by atoms with Crippen LogP contribution in [0, 0.1) is 23.2 Å². The second kappa shape index (κ2) is 6.51. The molecule has 2 unspecified atom stereocenters. The summed E-state index contributed by atoms with van der Waals surface area (Å²) in [6.07, 6.45) is 7.13. The van der Waals surface area contributed by atoms with Crippen molar-refractivity contribution in [1.82, 2.24) is 10.3 Å². The molecule has 96 valence electrons. The average Bonchev–Trinajstić information content (AvgIpc) is 2.41. The summed E-state index contributed by atoms with van der Waals surface area (Å²) < 4.78 is 0. The molecular weight excluding hydrogens is 222 g/mol. The van der Waals surface area contributed by atoms with Gasteiger partial charge in [-0.15, -0.1) is 0 Å². The Morgan fingerprint density at radius 2 is 2.28 bits per heavy atom. The van der Waals surface area contributed by atoms with Gasteiger partial charge in [0.1, 0.15) is 11.8 Å². The highest BCUT2D eigenvalue weighted by molar-refractivity contribution is 5.30. The van der Waals surface area contributed by atoms with Gasteiger partial charge in [0.15, 0.2) is 0 Å². The molecule has 1 saturated carbocycles. The predicted octanol–water partition coefficient (Wildman–Crippen LogP) is 2.87. The van der Waals surface area contributed by atoms with Gasteiger partial charge in [-0.2, -0.15) is 5.26 Å². The summed E-state index contributed by atoms with van der Waals surface area (Å²) in [4.78, 5) is 4.08. The van der Waals surface area contributed by atoms with Gasteiger partial charge < -0.3 is 5.32 Å². The summed E-state index contributed by atoms with van der Waals surface area (Å²) in [6.45, 7) is 4.16. The molecule has 0 radical (unpaired) electrons. The van der Waals surface area contributed by atoms with E-state index >= 15 is 0 Å². The first-order valence-corrected chi connectivity index (χ1v) is 6.86. The Labute approximate surface area is 109 Å². The lowest BCUT2D eigenvalue weighted by molar-refractivity contribution is 0.247. The minimum Gasteiger partial charge on any atom is -0.312 e. The molecule has 1 aromatic heterocycles. The number of hydrogen-bond acceptors (Lipinski definition) is 3. The maximum Gasteiger partial charge on any atom is 0.144 e. The van der Waals surface area contributed by atoms with E-state index in [0.29, 0.717) is 5.69 Å². The second-order valence-corrected chi connectivity index (χ2v) is 5.28. The number of nitriles is 1. The van der Waals surface area contributed by atoms with Crippen LogP contribution in [0.15, 0.2) is 18.3 Å². The molecule has 2 rings (SSSR count). The standard InChI is InChI=1S/C15H21N3/c1-12-5-2-3-6-13(12)10-17-11-14-7-4-8-18-15(14)9-16/h4,7-8,12-13,17H,2-3,5-6,10-11H2,1H3. The summed E-state index contributed by atoms with van der Waals surface area (Å²) in [5.74, 6) is 1.62. The molecule has 0 aromatic carbocycles. The quantitative estimate of drug-likeness (QED) is 0.884. The molecule has 1 N–H and O–H groups in total. The van der Waals surface area contributed by atoms with Gasteiger partial charge >= 0.3 is 0 Å². The molecule has 2 atom stereocenters. The van der Waals surface area contributed by atoms with Gasteiger partial charge in [0.25, 0.3) is 0 Å². The van der Waals surface area contributed by atoms with Crippen molar-refractivity contribution in [2.45, 2.75) is 39.2 Å². The Balaban J connectivity index is 1.83. The SMILES string of the molecule is CC1CCCCC1CNCc1cccnc1C#N. The van der Waals surface area contributed by atoms with Crippen LogP contribution in [0.5, 0.6) is 0 Å². The smallest absolute Gasteiger partial charge is 0.144 e. The lowest BCUT2D eigenvalue weighted by Crippen LogP contribution is -2.29. The first kappa shape index (κ1) is 13.0. The van der Waals surface area contributed by atoms with E-state index in [9.17, 15) is 0 Å². The van der Waals surface area contributed by atoms with Crippen molar-refractivity contribution >= 4 is 0 Å². The van der Waals surface area contributed by atoms with E-state index < -0.39 is 0 Å². The van der Waals surface area contributed by atoms with Crippen LogP contribution in [0.1, 0.15) is 43.9 Å². The fraction of sp³-hybridized carbons (Fsp3) is 0.600. The maximum atomic E-state index is 8.97. The van der Waals surface area contributed by atoms with Crippen molar-refractivity contribution in [3.05, 3.63) is 29.6 Å². The Bertz CT molecular complexity index is 422. The summed E-state index contributed by atoms with van der Waals surface area (Å²) in [5, 5.41) is 12.5. The Hall–Kier alpha value is -1.40. The minimum absolute atomic E-state index is 0.543. The Morgan fingerprint density at radius 1 is 1.44 bits per heavy atom. The average molecular weight is 243 g/mol. The lowest BCUT2D eigenvalue weighted by atomic mass is 9.80. The molecular formula is C15H21N3. The number of pyridine rings is 1. The second-order valence-electron chi connectivity index (χ2n) is 5.28. The lowest BCUT2D eigenvalue weighted by Gasteiger charge is -2.28. The highest BCUT2D eigenvalue weighted by Gasteiger charge is 2.20. The van der Waals surface area contributed by atoms with Crippen molar-refractivity contribution in [3.8, 4) is 6.07 Å². The third kappa shape index (κ3) is 3.30. The highest BCUT2D eigenvalue weighted by Crippen LogP contribution is 2.28. The van der Waals surface area contributed by atoms with E-state index in [2.05, 4.69) is 23.3 Å². The summed E-state index contributed by atoms with van der Waals surface area (Å²) in [5.41, 5.74) is 1.55. The van der Waals surface area contributed by atoms with Crippen molar-refractivity contribution < 1.29 is 0 Å². The first-order valence-electron chi connectivity index (χ1n) is 6.86. The summed E-state index contributed by atoms with van der Waals surface area (Å²) >= 11 is 0. The highest BCUT2D eigenvalue weighted by atomic mass is 14.9. The van der Waals surface area contributed by atoms with E-state index in [-0.39, 0.29) is 0 Å². The summed E-state index contributed by atoms with van der Waals surface area (Å²) in [7, 11) is 0. The zero-order valence-electron chi connectivity index (χ0n) is 11.0. The van der Waals surface area contributed by atoms with Gasteiger partial charge in [0, 0.05) is 18.3 Å². The topological polar surface area (TPSA) is 48.7 Å². The number of hydrogen-bond donors (Lipinski definition) is 1. The van der Waals surface area contributed by atoms with Gasteiger partial charge in [0.05, 0.1) is 0 Å². The van der Waals surface area contributed by atoms with Gasteiger partial charge in [0.2, 0.25) is 0 Å². The molecule has 1 fully saturated rings.